The fraction of sp³-hybridized carbons (Fsp3) is 0.235. The van der Waals surface area contributed by atoms with Gasteiger partial charge in [-0.25, -0.2) is 14.6 Å². The Balaban J connectivity index is 1.98. The van der Waals surface area contributed by atoms with Crippen LogP contribution in [0.4, 0.5) is 18.0 Å². The summed E-state index contributed by atoms with van der Waals surface area (Å²) in [6.07, 6.45) is -6.05. The number of hydrogen-bond acceptors (Lipinski definition) is 4. The highest BCUT2D eigenvalue weighted by Gasteiger charge is 2.33. The molecule has 0 spiro atoms. The molecule has 1 amide bonds. The van der Waals surface area contributed by atoms with E-state index in [1.165, 1.54) is 6.07 Å². The van der Waals surface area contributed by atoms with E-state index in [0.29, 0.717) is 5.56 Å². The molecule has 0 bridgehead atoms. The van der Waals surface area contributed by atoms with E-state index in [1.54, 1.807) is 30.3 Å². The summed E-state index contributed by atoms with van der Waals surface area (Å²) in [7, 11) is 0. The molecule has 0 aliphatic carbocycles. The van der Waals surface area contributed by atoms with Gasteiger partial charge in [-0.2, -0.15) is 13.2 Å². The average molecular weight is 368 g/mol. The number of carboxylic acids is 1. The number of carbonyl (C=O) groups is 2. The van der Waals surface area contributed by atoms with E-state index in [9.17, 15) is 27.9 Å². The minimum absolute atomic E-state index is 0.0686. The van der Waals surface area contributed by atoms with Crippen molar-refractivity contribution in [1.29, 1.82) is 0 Å². The Hall–Kier alpha value is -3.10. The van der Waals surface area contributed by atoms with Gasteiger partial charge in [-0.1, -0.05) is 36.4 Å². The van der Waals surface area contributed by atoms with Crippen LogP contribution in [-0.4, -0.2) is 28.2 Å². The molecule has 1 aromatic carbocycles. The lowest BCUT2D eigenvalue weighted by Crippen LogP contribution is -2.42. The molecule has 0 fully saturated rings. The zero-order valence-electron chi connectivity index (χ0n) is 13.4. The Morgan fingerprint density at radius 1 is 1.12 bits per heavy atom. The number of amides is 1. The lowest BCUT2D eigenvalue weighted by Gasteiger charge is -2.15. The van der Waals surface area contributed by atoms with Crippen LogP contribution < -0.4 is 5.32 Å². The number of carboxylic acid groups (broad SMARTS) is 1. The van der Waals surface area contributed by atoms with Crippen molar-refractivity contribution in [3.63, 3.8) is 0 Å². The normalized spacial score (nSPS) is 12.3. The summed E-state index contributed by atoms with van der Waals surface area (Å²) < 4.78 is 42.9. The van der Waals surface area contributed by atoms with E-state index < -0.39 is 36.4 Å². The van der Waals surface area contributed by atoms with E-state index >= 15 is 0 Å². The largest absolute Gasteiger partial charge is 0.480 e. The molecule has 0 radical (unpaired) electrons. The number of benzene rings is 1. The standard InChI is InChI=1S/C17H15F3N2O4/c18-17(19,20)14-8-4-7-12(21-14)9-13(15(23)24)22-16(25)26-10-11-5-2-1-3-6-11/h1-8,13H,9-10H2,(H,22,25)(H,23,24)/t13-/m0/s1. The van der Waals surface area contributed by atoms with E-state index in [0.717, 1.165) is 12.1 Å². The van der Waals surface area contributed by atoms with Crippen molar-refractivity contribution >= 4 is 12.1 Å². The van der Waals surface area contributed by atoms with Crippen LogP contribution in [0.15, 0.2) is 48.5 Å². The Morgan fingerprint density at radius 3 is 2.42 bits per heavy atom. The fourth-order valence-corrected chi connectivity index (χ4v) is 2.07. The zero-order valence-corrected chi connectivity index (χ0v) is 13.4. The zero-order chi connectivity index (χ0) is 19.2. The van der Waals surface area contributed by atoms with Crippen LogP contribution in [0.3, 0.4) is 0 Å². The number of hydrogen-bond donors (Lipinski definition) is 2. The van der Waals surface area contributed by atoms with Crippen LogP contribution in [0.5, 0.6) is 0 Å². The van der Waals surface area contributed by atoms with Crippen LogP contribution in [0.1, 0.15) is 17.0 Å². The molecule has 1 atom stereocenters. The van der Waals surface area contributed by atoms with Gasteiger partial charge in [0.05, 0.1) is 0 Å². The van der Waals surface area contributed by atoms with Crippen molar-refractivity contribution in [1.82, 2.24) is 10.3 Å². The maximum absolute atomic E-state index is 12.7. The Kier molecular flexibility index (Phi) is 6.16. The van der Waals surface area contributed by atoms with Gasteiger partial charge in [-0.05, 0) is 17.7 Å². The van der Waals surface area contributed by atoms with E-state index in [2.05, 4.69) is 10.3 Å². The number of nitrogens with one attached hydrogen (secondary N) is 1. The maximum Gasteiger partial charge on any atom is 0.433 e. The van der Waals surface area contributed by atoms with Gasteiger partial charge in [-0.3, -0.25) is 0 Å². The van der Waals surface area contributed by atoms with Crippen LogP contribution in [0, 0.1) is 0 Å². The molecular weight excluding hydrogens is 353 g/mol. The molecule has 9 heteroatoms. The first-order chi connectivity index (χ1) is 12.3. The van der Waals surface area contributed by atoms with Gasteiger partial charge in [0.2, 0.25) is 0 Å². The fourth-order valence-electron chi connectivity index (χ4n) is 2.07. The van der Waals surface area contributed by atoms with Crippen LogP contribution >= 0.6 is 0 Å². The first-order valence-electron chi connectivity index (χ1n) is 7.49. The van der Waals surface area contributed by atoms with Gasteiger partial charge in [-0.15, -0.1) is 0 Å². The van der Waals surface area contributed by atoms with Crippen molar-refractivity contribution in [3.05, 3.63) is 65.5 Å². The Labute approximate surface area is 146 Å². The molecule has 0 unspecified atom stereocenters. The van der Waals surface area contributed by atoms with Gasteiger partial charge in [0, 0.05) is 12.1 Å². The monoisotopic (exact) mass is 368 g/mol. The highest BCUT2D eigenvalue weighted by atomic mass is 19.4. The predicted octanol–water partition coefficient (Wildman–Crippen LogP) is 3.02. The van der Waals surface area contributed by atoms with Gasteiger partial charge in [0.1, 0.15) is 18.3 Å². The topological polar surface area (TPSA) is 88.5 Å². The van der Waals surface area contributed by atoms with Crippen molar-refractivity contribution in [2.75, 3.05) is 0 Å². The summed E-state index contributed by atoms with van der Waals surface area (Å²) in [4.78, 5) is 26.4. The van der Waals surface area contributed by atoms with Crippen LogP contribution in [-0.2, 0) is 28.7 Å². The van der Waals surface area contributed by atoms with Crippen molar-refractivity contribution in [3.8, 4) is 0 Å². The third-order valence-electron chi connectivity index (χ3n) is 3.31. The first kappa shape index (κ1) is 19.2. The molecule has 2 N–H and O–H groups in total. The van der Waals surface area contributed by atoms with Crippen molar-refractivity contribution in [2.45, 2.75) is 25.2 Å². The molecular formula is C17H15F3N2O4. The number of pyridine rings is 1. The number of rotatable bonds is 6. The molecule has 0 saturated heterocycles. The highest BCUT2D eigenvalue weighted by Crippen LogP contribution is 2.27. The van der Waals surface area contributed by atoms with E-state index in [4.69, 9.17) is 4.74 Å². The molecule has 2 rings (SSSR count). The van der Waals surface area contributed by atoms with Gasteiger partial charge in [0.25, 0.3) is 0 Å². The minimum atomic E-state index is -4.64. The molecule has 0 saturated carbocycles. The lowest BCUT2D eigenvalue weighted by atomic mass is 10.1. The summed E-state index contributed by atoms with van der Waals surface area (Å²) in [5.74, 6) is -1.42. The number of aliphatic carboxylic acids is 1. The second kappa shape index (κ2) is 8.32. The molecule has 6 nitrogen and oxygen atoms in total. The number of nitrogens with zero attached hydrogens (tertiary/aromatic N) is 1. The molecule has 0 aliphatic heterocycles. The summed E-state index contributed by atoms with van der Waals surface area (Å²) in [5, 5.41) is 11.3. The molecule has 26 heavy (non-hydrogen) atoms. The Bertz CT molecular complexity index is 766. The quantitative estimate of drug-likeness (QED) is 0.818. The summed E-state index contributed by atoms with van der Waals surface area (Å²) in [5.41, 5.74) is -0.546. The van der Waals surface area contributed by atoms with Gasteiger partial charge < -0.3 is 15.2 Å². The first-order valence-corrected chi connectivity index (χ1v) is 7.49. The smallest absolute Gasteiger partial charge is 0.433 e. The van der Waals surface area contributed by atoms with Crippen molar-refractivity contribution in [2.24, 2.45) is 0 Å². The number of carbonyl (C=O) groups excluding carboxylic acids is 1. The number of halogens is 3. The predicted molar refractivity (Wildman–Crippen MR) is 84.1 cm³/mol. The van der Waals surface area contributed by atoms with E-state index in [-0.39, 0.29) is 12.3 Å². The lowest BCUT2D eigenvalue weighted by molar-refractivity contribution is -0.141. The molecule has 0 aliphatic rings. The average Bonchev–Trinajstić information content (AvgIpc) is 2.60. The van der Waals surface area contributed by atoms with Crippen LogP contribution in [0.2, 0.25) is 0 Å². The minimum Gasteiger partial charge on any atom is -0.480 e. The summed E-state index contributed by atoms with van der Waals surface area (Å²) >= 11 is 0. The van der Waals surface area contributed by atoms with Crippen LogP contribution in [0.25, 0.3) is 0 Å². The Morgan fingerprint density at radius 2 is 1.81 bits per heavy atom. The number of aromatic nitrogens is 1. The third-order valence-corrected chi connectivity index (χ3v) is 3.31. The molecule has 1 aromatic heterocycles. The number of alkyl halides is 3. The SMILES string of the molecule is O=C(N[C@@H](Cc1cccc(C(F)(F)F)n1)C(=O)O)OCc1ccccc1. The summed E-state index contributed by atoms with van der Waals surface area (Å²) in [6, 6.07) is 10.4. The van der Waals surface area contributed by atoms with Gasteiger partial charge in [0.15, 0.2) is 0 Å². The number of ether oxygens (including phenoxy) is 1. The third kappa shape index (κ3) is 5.76. The summed E-state index contributed by atoms with van der Waals surface area (Å²) in [6.45, 7) is -0.0686. The molecule has 2 aromatic rings. The number of alkyl carbamates (subject to hydrolysis) is 1. The van der Waals surface area contributed by atoms with E-state index in [1.807, 2.05) is 0 Å². The second-order valence-electron chi connectivity index (χ2n) is 5.31. The van der Waals surface area contributed by atoms with Gasteiger partial charge >= 0.3 is 18.2 Å². The second-order valence-corrected chi connectivity index (χ2v) is 5.31. The highest BCUT2D eigenvalue weighted by molar-refractivity contribution is 5.80. The van der Waals surface area contributed by atoms with Crippen molar-refractivity contribution < 1.29 is 32.6 Å². The maximum atomic E-state index is 12.7. The molecule has 138 valence electrons. The molecule has 1 heterocycles.